The van der Waals surface area contributed by atoms with Gasteiger partial charge < -0.3 is 14.8 Å². The average molecular weight is 416 g/mol. The maximum atomic E-state index is 11.9. The predicted molar refractivity (Wildman–Crippen MR) is 113 cm³/mol. The highest BCUT2D eigenvalue weighted by Crippen LogP contribution is 2.32. The van der Waals surface area contributed by atoms with Crippen molar-refractivity contribution in [2.75, 3.05) is 20.8 Å². The molecule has 1 fully saturated rings. The number of hydrogen-bond donors (Lipinski definition) is 1. The number of methoxy groups -OCH3 is 2. The minimum Gasteiger partial charge on any atom is -0.497 e. The molecule has 0 radical (unpaired) electrons. The molecule has 154 valence electrons. The summed E-state index contributed by atoms with van der Waals surface area (Å²) in [6.07, 6.45) is 2.82. The summed E-state index contributed by atoms with van der Waals surface area (Å²) in [4.78, 5) is 23.5. The van der Waals surface area contributed by atoms with Crippen LogP contribution in [0.3, 0.4) is 0 Å². The highest BCUT2D eigenvalue weighted by Gasteiger charge is 2.28. The topological polar surface area (TPSA) is 64.6 Å². The van der Waals surface area contributed by atoms with E-state index in [0.717, 1.165) is 40.8 Å². The van der Waals surface area contributed by atoms with E-state index < -0.39 is 0 Å². The van der Waals surface area contributed by atoms with Crippen LogP contribution in [0, 0.1) is 5.92 Å². The lowest BCUT2D eigenvalue weighted by Crippen LogP contribution is -2.19. The van der Waals surface area contributed by atoms with Crippen LogP contribution in [0.4, 0.5) is 0 Å². The average Bonchev–Trinajstić information content (AvgIpc) is 3.56. The first-order chi connectivity index (χ1) is 14.0. The number of Topliss-reactive ketones (excluding diaryl/α,β-unsaturated/α-hetero) is 1. The lowest BCUT2D eigenvalue weighted by Gasteiger charge is -2.14. The minimum atomic E-state index is -0.314. The van der Waals surface area contributed by atoms with E-state index >= 15 is 0 Å². The number of carbonyl (C=O) groups excluding carboxylic acids is 2. The van der Waals surface area contributed by atoms with Crippen molar-refractivity contribution in [3.63, 3.8) is 0 Å². The van der Waals surface area contributed by atoms with Crippen LogP contribution in [0.15, 0.2) is 36.4 Å². The summed E-state index contributed by atoms with van der Waals surface area (Å²) in [5.74, 6) is 1.08. The smallest absolute Gasteiger partial charge is 0.309 e. The van der Waals surface area contributed by atoms with Crippen molar-refractivity contribution < 1.29 is 19.1 Å². The molecule has 0 aromatic heterocycles. The molecule has 0 spiro atoms. The van der Waals surface area contributed by atoms with Gasteiger partial charge in [0, 0.05) is 30.5 Å². The van der Waals surface area contributed by atoms with Crippen LogP contribution in [0.5, 0.6) is 5.75 Å². The number of halogens is 1. The molecule has 2 aromatic rings. The van der Waals surface area contributed by atoms with Crippen molar-refractivity contribution in [2.24, 2.45) is 5.92 Å². The summed E-state index contributed by atoms with van der Waals surface area (Å²) in [7, 11) is 2.99. The summed E-state index contributed by atoms with van der Waals surface area (Å²) >= 11 is 6.31. The van der Waals surface area contributed by atoms with E-state index in [1.807, 2.05) is 30.3 Å². The fourth-order valence-corrected chi connectivity index (χ4v) is 3.55. The van der Waals surface area contributed by atoms with Gasteiger partial charge in [-0.3, -0.25) is 9.59 Å². The summed E-state index contributed by atoms with van der Waals surface area (Å²) in [6, 6.07) is 11.5. The number of ether oxygens (including phenoxy) is 2. The SMILES string of the molecule is COC(=O)Cc1cc(Cl)cc(-c2cc(OC)ccc2CNCCC(=O)C2CC2)c1. The van der Waals surface area contributed by atoms with E-state index in [1.165, 1.54) is 7.11 Å². The van der Waals surface area contributed by atoms with Crippen LogP contribution >= 0.6 is 11.6 Å². The molecular formula is C23H26ClNO4. The highest BCUT2D eigenvalue weighted by atomic mass is 35.5. The Morgan fingerprint density at radius 2 is 1.93 bits per heavy atom. The maximum absolute atomic E-state index is 11.9. The second-order valence-corrected chi connectivity index (χ2v) is 7.73. The zero-order valence-electron chi connectivity index (χ0n) is 16.8. The summed E-state index contributed by atoms with van der Waals surface area (Å²) in [5, 5.41) is 3.92. The summed E-state index contributed by atoms with van der Waals surface area (Å²) in [5.41, 5.74) is 3.73. The van der Waals surface area contributed by atoms with Gasteiger partial charge in [0.05, 0.1) is 20.6 Å². The Bertz CT molecular complexity index is 892. The molecule has 1 aliphatic rings. The molecule has 0 bridgehead atoms. The van der Waals surface area contributed by atoms with Crippen molar-refractivity contribution >= 4 is 23.4 Å². The van der Waals surface area contributed by atoms with Crippen molar-refractivity contribution in [1.29, 1.82) is 0 Å². The van der Waals surface area contributed by atoms with Crippen LogP contribution < -0.4 is 10.1 Å². The van der Waals surface area contributed by atoms with E-state index in [1.54, 1.807) is 13.2 Å². The molecule has 0 unspecified atom stereocenters. The molecule has 5 nitrogen and oxygen atoms in total. The van der Waals surface area contributed by atoms with Gasteiger partial charge in [-0.15, -0.1) is 0 Å². The second-order valence-electron chi connectivity index (χ2n) is 7.29. The van der Waals surface area contributed by atoms with Crippen LogP contribution in [0.2, 0.25) is 5.02 Å². The van der Waals surface area contributed by atoms with Gasteiger partial charge in [0.25, 0.3) is 0 Å². The van der Waals surface area contributed by atoms with E-state index in [9.17, 15) is 9.59 Å². The van der Waals surface area contributed by atoms with E-state index in [2.05, 4.69) is 5.32 Å². The monoisotopic (exact) mass is 415 g/mol. The standard InChI is InChI=1S/C23H26ClNO4/c1-28-20-6-5-17(14-25-8-7-22(26)16-3-4-16)21(13-20)18-9-15(10-19(24)12-18)11-23(27)29-2/h5-6,9-10,12-13,16,25H,3-4,7-8,11,14H2,1-2H3. The first-order valence-corrected chi connectivity index (χ1v) is 10.1. The van der Waals surface area contributed by atoms with E-state index in [0.29, 0.717) is 36.2 Å². The molecule has 0 heterocycles. The van der Waals surface area contributed by atoms with Gasteiger partial charge in [0.15, 0.2) is 0 Å². The first-order valence-electron chi connectivity index (χ1n) is 9.77. The van der Waals surface area contributed by atoms with Crippen molar-refractivity contribution in [3.8, 4) is 16.9 Å². The predicted octanol–water partition coefficient (Wildman–Crippen LogP) is 4.19. The molecule has 6 heteroatoms. The van der Waals surface area contributed by atoms with Gasteiger partial charge in [-0.25, -0.2) is 0 Å². The number of esters is 1. The summed E-state index contributed by atoms with van der Waals surface area (Å²) in [6.45, 7) is 1.28. The Hall–Kier alpha value is -2.37. The Morgan fingerprint density at radius 1 is 1.14 bits per heavy atom. The van der Waals surface area contributed by atoms with Gasteiger partial charge in [0.1, 0.15) is 11.5 Å². The third-order valence-electron chi connectivity index (χ3n) is 5.06. The second kappa shape index (κ2) is 9.90. The zero-order valence-corrected chi connectivity index (χ0v) is 17.6. The van der Waals surface area contributed by atoms with E-state index in [4.69, 9.17) is 21.1 Å². The number of carbonyl (C=O) groups is 2. The number of nitrogens with one attached hydrogen (secondary N) is 1. The van der Waals surface area contributed by atoms with Gasteiger partial charge in [-0.2, -0.15) is 0 Å². The van der Waals surface area contributed by atoms with Gasteiger partial charge >= 0.3 is 5.97 Å². The Kier molecular flexibility index (Phi) is 7.29. The third kappa shape index (κ3) is 6.05. The number of rotatable bonds is 10. The molecule has 29 heavy (non-hydrogen) atoms. The minimum absolute atomic E-state index is 0.158. The highest BCUT2D eigenvalue weighted by molar-refractivity contribution is 6.31. The van der Waals surface area contributed by atoms with Crippen LogP contribution in [-0.2, 0) is 27.3 Å². The molecule has 2 aromatic carbocycles. The molecule has 1 N–H and O–H groups in total. The molecule has 1 saturated carbocycles. The van der Waals surface area contributed by atoms with Crippen LogP contribution in [0.1, 0.15) is 30.4 Å². The molecule has 3 rings (SSSR count). The largest absolute Gasteiger partial charge is 0.497 e. The lowest BCUT2D eigenvalue weighted by molar-refractivity contribution is -0.139. The quantitative estimate of drug-likeness (QED) is 0.465. The number of ketones is 1. The Morgan fingerprint density at radius 3 is 2.62 bits per heavy atom. The summed E-state index contributed by atoms with van der Waals surface area (Å²) < 4.78 is 10.2. The fourth-order valence-electron chi connectivity index (χ4n) is 3.30. The third-order valence-corrected chi connectivity index (χ3v) is 5.28. The van der Waals surface area contributed by atoms with Crippen molar-refractivity contribution in [3.05, 3.63) is 52.5 Å². The maximum Gasteiger partial charge on any atom is 0.309 e. The molecule has 1 aliphatic carbocycles. The molecule has 0 amide bonds. The molecule has 0 atom stereocenters. The Labute approximate surface area is 176 Å². The number of benzene rings is 2. The van der Waals surface area contributed by atoms with Crippen LogP contribution in [0.25, 0.3) is 11.1 Å². The van der Waals surface area contributed by atoms with Gasteiger partial charge in [-0.1, -0.05) is 23.7 Å². The molecule has 0 aliphatic heterocycles. The lowest BCUT2D eigenvalue weighted by atomic mass is 9.96. The van der Waals surface area contributed by atoms with Crippen molar-refractivity contribution in [2.45, 2.75) is 32.2 Å². The van der Waals surface area contributed by atoms with Crippen LogP contribution in [-0.4, -0.2) is 32.5 Å². The normalized spacial score (nSPS) is 13.2. The van der Waals surface area contributed by atoms with Gasteiger partial charge in [0.2, 0.25) is 0 Å². The molecule has 0 saturated heterocycles. The zero-order chi connectivity index (χ0) is 20.8. The Balaban J connectivity index is 1.79. The van der Waals surface area contributed by atoms with E-state index in [-0.39, 0.29) is 12.4 Å². The fraction of sp³-hybridized carbons (Fsp3) is 0.391. The van der Waals surface area contributed by atoms with Gasteiger partial charge in [-0.05, 0) is 59.4 Å². The van der Waals surface area contributed by atoms with Crippen molar-refractivity contribution in [1.82, 2.24) is 5.32 Å². The number of hydrogen-bond acceptors (Lipinski definition) is 5. The first kappa shape index (κ1) is 21.3. The molecular weight excluding hydrogens is 390 g/mol.